The van der Waals surface area contributed by atoms with Crippen molar-refractivity contribution in [2.75, 3.05) is 46.3 Å². The van der Waals surface area contributed by atoms with Crippen LogP contribution in [0.5, 0.6) is 5.75 Å². The molecule has 1 fully saturated rings. The Morgan fingerprint density at radius 1 is 1.02 bits per heavy atom. The van der Waals surface area contributed by atoms with E-state index in [0.717, 1.165) is 49.7 Å². The van der Waals surface area contributed by atoms with E-state index < -0.39 is 29.5 Å². The number of aromatic nitrogens is 4. The van der Waals surface area contributed by atoms with E-state index in [2.05, 4.69) is 41.7 Å². The fourth-order valence-corrected chi connectivity index (χ4v) is 5.74. The second-order valence-corrected chi connectivity index (χ2v) is 11.3. The van der Waals surface area contributed by atoms with Crippen molar-refractivity contribution in [3.63, 3.8) is 0 Å². The predicted octanol–water partition coefficient (Wildman–Crippen LogP) is 4.06. The Balaban J connectivity index is 1.24. The van der Waals surface area contributed by atoms with Gasteiger partial charge in [0, 0.05) is 39.1 Å². The Kier molecular flexibility index (Phi) is 8.07. The van der Waals surface area contributed by atoms with E-state index in [1.807, 2.05) is 0 Å². The summed E-state index contributed by atoms with van der Waals surface area (Å²) in [5.41, 5.74) is 2.84. The Hall–Kier alpha value is -4.37. The van der Waals surface area contributed by atoms with Gasteiger partial charge in [0.1, 0.15) is 11.5 Å². The Bertz CT molecular complexity index is 1780. The van der Waals surface area contributed by atoms with Gasteiger partial charge in [0.25, 0.3) is 0 Å². The van der Waals surface area contributed by atoms with Gasteiger partial charge in [-0.15, -0.1) is 0 Å². The van der Waals surface area contributed by atoms with E-state index in [4.69, 9.17) is 0 Å². The van der Waals surface area contributed by atoms with Gasteiger partial charge < -0.3 is 19.5 Å². The zero-order valence-corrected chi connectivity index (χ0v) is 24.5. The fourth-order valence-electron chi connectivity index (χ4n) is 5.74. The van der Waals surface area contributed by atoms with Crippen molar-refractivity contribution in [3.8, 4) is 28.4 Å². The number of imidazole rings is 1. The van der Waals surface area contributed by atoms with Crippen LogP contribution in [0.25, 0.3) is 33.5 Å². The number of fused-ring (bicyclic) bond motifs is 2. The third-order valence-corrected chi connectivity index (χ3v) is 8.26. The average molecular weight is 632 g/mol. The lowest BCUT2D eigenvalue weighted by Gasteiger charge is -2.34. The van der Waals surface area contributed by atoms with Gasteiger partial charge in [-0.25, -0.2) is 18.6 Å². The molecule has 0 atom stereocenters. The van der Waals surface area contributed by atoms with Crippen molar-refractivity contribution in [2.45, 2.75) is 32.5 Å². The molecular weight excluding hydrogens is 601 g/mol. The van der Waals surface area contributed by atoms with Crippen molar-refractivity contribution in [3.05, 3.63) is 52.9 Å². The van der Waals surface area contributed by atoms with Crippen LogP contribution in [0.15, 0.2) is 24.3 Å². The van der Waals surface area contributed by atoms with E-state index in [9.17, 15) is 27.2 Å². The molecule has 0 spiro atoms. The molecule has 0 bridgehead atoms. The van der Waals surface area contributed by atoms with Crippen molar-refractivity contribution >= 4 is 22.8 Å². The minimum absolute atomic E-state index is 0.0413. The minimum Gasteiger partial charge on any atom is -0.417 e. The van der Waals surface area contributed by atoms with Gasteiger partial charge >= 0.3 is 12.1 Å². The van der Waals surface area contributed by atoms with Crippen molar-refractivity contribution < 1.29 is 36.3 Å². The highest BCUT2D eigenvalue weighted by molar-refractivity contribution is 5.95. The number of esters is 1. The molecule has 2 aromatic carbocycles. The van der Waals surface area contributed by atoms with Crippen LogP contribution in [0.2, 0.25) is 0 Å². The molecule has 2 N–H and O–H groups in total. The summed E-state index contributed by atoms with van der Waals surface area (Å²) in [4.78, 5) is 38.3. The summed E-state index contributed by atoms with van der Waals surface area (Å²) in [7, 11) is 2.06. The van der Waals surface area contributed by atoms with Crippen LogP contribution in [0.1, 0.15) is 23.9 Å². The smallest absolute Gasteiger partial charge is 0.417 e. The maximum Gasteiger partial charge on any atom is 0.491 e. The molecule has 2 aromatic heterocycles. The largest absolute Gasteiger partial charge is 0.491 e. The lowest BCUT2D eigenvalue weighted by molar-refractivity contribution is -0.189. The van der Waals surface area contributed by atoms with Gasteiger partial charge in [-0.3, -0.25) is 14.8 Å². The van der Waals surface area contributed by atoms with E-state index in [1.54, 1.807) is 17.9 Å². The van der Waals surface area contributed by atoms with Crippen LogP contribution in [0.3, 0.4) is 0 Å². The quantitative estimate of drug-likeness (QED) is 0.188. The maximum absolute atomic E-state index is 15.7. The molecule has 0 aliphatic carbocycles. The van der Waals surface area contributed by atoms with Gasteiger partial charge in [0.05, 0.1) is 35.4 Å². The average Bonchev–Trinajstić information content (AvgIpc) is 3.62. The molecule has 2 aliphatic heterocycles. The normalized spacial score (nSPS) is 16.3. The molecule has 0 radical (unpaired) electrons. The first-order valence-corrected chi connectivity index (χ1v) is 14.5. The van der Waals surface area contributed by atoms with Crippen molar-refractivity contribution in [1.29, 1.82) is 0 Å². The number of nitrogens with zero attached hydrogens (tertiary/aromatic N) is 5. The number of hydrogen-bond acceptors (Lipinski definition) is 7. The molecule has 4 aromatic rings. The number of ether oxygens (including phenoxy) is 1. The maximum atomic E-state index is 15.7. The molecule has 2 aliphatic rings. The third-order valence-electron chi connectivity index (χ3n) is 8.26. The number of nitrogens with one attached hydrogen (secondary N) is 2. The number of carbonyl (C=O) groups excluding carboxylic acids is 2. The van der Waals surface area contributed by atoms with Crippen LogP contribution in [-0.4, -0.2) is 99.2 Å². The van der Waals surface area contributed by atoms with Crippen LogP contribution in [0.4, 0.5) is 22.0 Å². The standard InChI is InChI=1S/C30H30F5N7O3/c1-3-16-12-24(45-29(44)30(33,34)35)19(31)13-18(16)17-10-20(32)26-22(11-17)38-39-27(26)28-36-21-4-5-42(14-23(21)37-28)25(43)15-41-8-6-40(2)7-9-41/h10-13H,3-9,14-15H2,1-2H3,(H,36,37)(H,38,39). The predicted molar refractivity (Wildman–Crippen MR) is 153 cm³/mol. The molecule has 1 saturated heterocycles. The summed E-state index contributed by atoms with van der Waals surface area (Å²) in [6, 6.07) is 4.64. The summed E-state index contributed by atoms with van der Waals surface area (Å²) in [6.07, 6.45) is -4.53. The van der Waals surface area contributed by atoms with E-state index >= 15 is 4.39 Å². The van der Waals surface area contributed by atoms with Gasteiger partial charge in [-0.2, -0.15) is 18.3 Å². The Morgan fingerprint density at radius 3 is 2.49 bits per heavy atom. The number of alkyl halides is 3. The molecule has 1 amide bonds. The molecular formula is C30H30F5N7O3. The van der Waals surface area contributed by atoms with Crippen LogP contribution < -0.4 is 4.74 Å². The molecule has 0 saturated carbocycles. The number of halogens is 5. The lowest BCUT2D eigenvalue weighted by Crippen LogP contribution is -2.49. The minimum atomic E-state index is -5.29. The van der Waals surface area contributed by atoms with E-state index in [-0.39, 0.29) is 40.1 Å². The monoisotopic (exact) mass is 631 g/mol. The number of carbonyl (C=O) groups is 2. The van der Waals surface area contributed by atoms with Crippen LogP contribution in [-0.2, 0) is 29.0 Å². The number of aromatic amines is 2. The van der Waals surface area contributed by atoms with Crippen molar-refractivity contribution in [2.24, 2.45) is 0 Å². The summed E-state index contributed by atoms with van der Waals surface area (Å²) in [5, 5.41) is 7.21. The molecule has 10 nitrogen and oxygen atoms in total. The SMILES string of the molecule is CCc1cc(OC(=O)C(F)(F)F)c(F)cc1-c1cc(F)c2c(-c3nc4c([nH]3)CN(C(=O)CN3CCN(C)CC3)CC4)n[nH]c2c1. The first-order chi connectivity index (χ1) is 21.4. The van der Waals surface area contributed by atoms with E-state index in [0.29, 0.717) is 37.4 Å². The highest BCUT2D eigenvalue weighted by atomic mass is 19.4. The summed E-state index contributed by atoms with van der Waals surface area (Å²) in [5.74, 6) is -4.92. The number of amides is 1. The fraction of sp³-hybridized carbons (Fsp3) is 0.400. The number of likely N-dealkylation sites (N-methyl/N-ethyl adjacent to an activating group) is 1. The molecule has 4 heterocycles. The number of aryl methyl sites for hydroxylation is 1. The summed E-state index contributed by atoms with van der Waals surface area (Å²) >= 11 is 0. The van der Waals surface area contributed by atoms with Gasteiger partial charge in [0.15, 0.2) is 17.4 Å². The van der Waals surface area contributed by atoms with E-state index in [1.165, 1.54) is 6.07 Å². The summed E-state index contributed by atoms with van der Waals surface area (Å²) < 4.78 is 72.6. The Labute approximate surface area is 254 Å². The number of rotatable bonds is 6. The first kappa shape index (κ1) is 30.6. The topological polar surface area (TPSA) is 110 Å². The zero-order valence-electron chi connectivity index (χ0n) is 24.5. The molecule has 0 unspecified atom stereocenters. The van der Waals surface area contributed by atoms with Gasteiger partial charge in [-0.05, 0) is 54.4 Å². The van der Waals surface area contributed by atoms with Crippen LogP contribution in [0, 0.1) is 11.6 Å². The van der Waals surface area contributed by atoms with Gasteiger partial charge in [0.2, 0.25) is 5.91 Å². The molecule has 15 heteroatoms. The number of piperazine rings is 1. The number of hydrogen-bond donors (Lipinski definition) is 2. The van der Waals surface area contributed by atoms with Crippen LogP contribution >= 0.6 is 0 Å². The van der Waals surface area contributed by atoms with Gasteiger partial charge in [-0.1, -0.05) is 6.92 Å². The zero-order chi connectivity index (χ0) is 32.0. The third kappa shape index (κ3) is 6.14. The molecule has 238 valence electrons. The number of H-pyrrole nitrogens is 2. The second-order valence-electron chi connectivity index (χ2n) is 11.3. The second kappa shape index (κ2) is 11.9. The molecule has 6 rings (SSSR count). The summed E-state index contributed by atoms with van der Waals surface area (Å²) in [6.45, 7) is 6.42. The molecule has 45 heavy (non-hydrogen) atoms. The Morgan fingerprint density at radius 2 is 1.78 bits per heavy atom. The highest BCUT2D eigenvalue weighted by Crippen LogP contribution is 2.36. The first-order valence-electron chi connectivity index (χ1n) is 14.5. The highest BCUT2D eigenvalue weighted by Gasteiger charge is 2.42. The van der Waals surface area contributed by atoms with Crippen molar-refractivity contribution in [1.82, 2.24) is 34.9 Å². The lowest BCUT2D eigenvalue weighted by atomic mass is 9.96. The number of benzene rings is 2.